The summed E-state index contributed by atoms with van der Waals surface area (Å²) in [5, 5.41) is 9.03. The summed E-state index contributed by atoms with van der Waals surface area (Å²) in [4.78, 5) is 15.0. The molecular weight excluding hydrogens is 286 g/mol. The van der Waals surface area contributed by atoms with Gasteiger partial charge in [-0.3, -0.25) is 4.79 Å². The lowest BCUT2D eigenvalue weighted by molar-refractivity contribution is -0.129. The van der Waals surface area contributed by atoms with Gasteiger partial charge in [-0.25, -0.2) is 0 Å². The van der Waals surface area contributed by atoms with Crippen LogP contribution in [0.25, 0.3) is 0 Å². The van der Waals surface area contributed by atoms with Crippen molar-refractivity contribution in [1.82, 2.24) is 4.90 Å². The molecule has 0 unspecified atom stereocenters. The third-order valence-electron chi connectivity index (χ3n) is 3.72. The first-order valence-electron chi connectivity index (χ1n) is 7.36. The van der Waals surface area contributed by atoms with Crippen molar-refractivity contribution in [2.45, 2.75) is 24.2 Å². The predicted molar refractivity (Wildman–Crippen MR) is 84.7 cm³/mol. The molecule has 0 fully saturated rings. The van der Waals surface area contributed by atoms with Crippen LogP contribution in [0.4, 0.5) is 0 Å². The minimum Gasteiger partial charge on any atom is -0.395 e. The van der Waals surface area contributed by atoms with Crippen LogP contribution in [0.1, 0.15) is 17.5 Å². The maximum absolute atomic E-state index is 12.2. The van der Waals surface area contributed by atoms with Gasteiger partial charge in [0.1, 0.15) is 0 Å². The Morgan fingerprint density at radius 2 is 2.14 bits per heavy atom. The molecule has 1 aromatic rings. The highest BCUT2D eigenvalue weighted by atomic mass is 32.2. The number of thioether (sulfide) groups is 1. The number of aryl methyl sites for hydroxylation is 2. The van der Waals surface area contributed by atoms with Crippen molar-refractivity contribution in [2.24, 2.45) is 0 Å². The van der Waals surface area contributed by atoms with Crippen molar-refractivity contribution >= 4 is 17.7 Å². The zero-order valence-electron chi connectivity index (χ0n) is 12.5. The summed E-state index contributed by atoms with van der Waals surface area (Å²) in [6.45, 7) is 1.38. The minimum atomic E-state index is -0.0149. The molecule has 0 radical (unpaired) electrons. The molecule has 0 bridgehead atoms. The lowest BCUT2D eigenvalue weighted by Crippen LogP contribution is -2.37. The van der Waals surface area contributed by atoms with E-state index in [9.17, 15) is 4.79 Å². The quantitative estimate of drug-likeness (QED) is 0.743. The fourth-order valence-corrected chi connectivity index (χ4v) is 3.42. The van der Waals surface area contributed by atoms with Gasteiger partial charge >= 0.3 is 0 Å². The summed E-state index contributed by atoms with van der Waals surface area (Å²) >= 11 is 1.57. The van der Waals surface area contributed by atoms with E-state index in [0.29, 0.717) is 25.4 Å². The van der Waals surface area contributed by atoms with E-state index in [4.69, 9.17) is 9.84 Å². The molecule has 0 saturated carbocycles. The molecule has 0 spiro atoms. The molecule has 116 valence electrons. The van der Waals surface area contributed by atoms with Crippen LogP contribution in [0.15, 0.2) is 23.1 Å². The van der Waals surface area contributed by atoms with Gasteiger partial charge in [0.25, 0.3) is 0 Å². The molecule has 5 heteroatoms. The maximum Gasteiger partial charge on any atom is 0.233 e. The van der Waals surface area contributed by atoms with E-state index in [0.717, 1.165) is 11.3 Å². The average molecular weight is 309 g/mol. The summed E-state index contributed by atoms with van der Waals surface area (Å²) in [5.74, 6) is 0.453. The maximum atomic E-state index is 12.2. The Morgan fingerprint density at radius 3 is 2.90 bits per heavy atom. The summed E-state index contributed by atoms with van der Waals surface area (Å²) in [6, 6.07) is 6.50. The number of carbonyl (C=O) groups is 1. The number of fused-ring (bicyclic) bond motifs is 1. The first kappa shape index (κ1) is 16.3. The molecule has 0 heterocycles. The van der Waals surface area contributed by atoms with Crippen LogP contribution in [-0.4, -0.2) is 55.1 Å². The standard InChI is InChI=1S/C16H23NO3S/c1-20-10-8-17(7-9-18)16(19)12-21-15-6-5-13-3-2-4-14(13)11-15/h5-6,11,18H,2-4,7-10,12H2,1H3. The number of nitrogens with zero attached hydrogens (tertiary/aromatic N) is 1. The average Bonchev–Trinajstić information content (AvgIpc) is 2.96. The van der Waals surface area contributed by atoms with Crippen LogP contribution in [0.2, 0.25) is 0 Å². The lowest BCUT2D eigenvalue weighted by Gasteiger charge is -2.21. The fourth-order valence-electron chi connectivity index (χ4n) is 2.56. The van der Waals surface area contributed by atoms with Gasteiger partial charge < -0.3 is 14.7 Å². The number of methoxy groups -OCH3 is 1. The van der Waals surface area contributed by atoms with E-state index in [-0.39, 0.29) is 12.5 Å². The van der Waals surface area contributed by atoms with Crippen LogP contribution < -0.4 is 0 Å². The van der Waals surface area contributed by atoms with Crippen molar-refractivity contribution in [1.29, 1.82) is 0 Å². The van der Waals surface area contributed by atoms with E-state index in [1.54, 1.807) is 23.8 Å². The Balaban J connectivity index is 1.87. The molecule has 0 aromatic heterocycles. The molecular formula is C16H23NO3S. The highest BCUT2D eigenvalue weighted by Gasteiger charge is 2.15. The summed E-state index contributed by atoms with van der Waals surface area (Å²) in [7, 11) is 1.61. The Bertz CT molecular complexity index is 479. The van der Waals surface area contributed by atoms with Crippen LogP contribution in [-0.2, 0) is 22.4 Å². The Morgan fingerprint density at radius 1 is 1.33 bits per heavy atom. The zero-order chi connectivity index (χ0) is 15.1. The van der Waals surface area contributed by atoms with Crippen LogP contribution in [0, 0.1) is 0 Å². The molecule has 1 aromatic carbocycles. The second-order valence-corrected chi connectivity index (χ2v) is 6.22. The summed E-state index contributed by atoms with van der Waals surface area (Å²) in [6.07, 6.45) is 3.58. The number of aliphatic hydroxyl groups excluding tert-OH is 1. The second-order valence-electron chi connectivity index (χ2n) is 5.17. The van der Waals surface area contributed by atoms with Crippen LogP contribution >= 0.6 is 11.8 Å². The number of rotatable bonds is 8. The smallest absolute Gasteiger partial charge is 0.233 e. The second kappa shape index (κ2) is 8.41. The van der Waals surface area contributed by atoms with E-state index in [1.807, 2.05) is 0 Å². The minimum absolute atomic E-state index is 0.0149. The van der Waals surface area contributed by atoms with Crippen molar-refractivity contribution in [3.63, 3.8) is 0 Å². The van der Waals surface area contributed by atoms with Crippen molar-refractivity contribution in [3.05, 3.63) is 29.3 Å². The largest absolute Gasteiger partial charge is 0.395 e. The normalized spacial score (nSPS) is 13.2. The topological polar surface area (TPSA) is 49.8 Å². The van der Waals surface area contributed by atoms with Crippen molar-refractivity contribution in [2.75, 3.05) is 39.2 Å². The van der Waals surface area contributed by atoms with Gasteiger partial charge in [0.2, 0.25) is 5.91 Å². The highest BCUT2D eigenvalue weighted by Crippen LogP contribution is 2.27. The molecule has 1 amide bonds. The molecule has 1 aliphatic carbocycles. The first-order chi connectivity index (χ1) is 10.2. The zero-order valence-corrected chi connectivity index (χ0v) is 13.3. The van der Waals surface area contributed by atoms with Crippen LogP contribution in [0.3, 0.4) is 0 Å². The predicted octanol–water partition coefficient (Wildman–Crippen LogP) is 1.73. The van der Waals surface area contributed by atoms with E-state index >= 15 is 0 Å². The number of hydrogen-bond acceptors (Lipinski definition) is 4. The number of aliphatic hydroxyl groups is 1. The third kappa shape index (κ3) is 4.73. The Hall–Kier alpha value is -1.04. The summed E-state index contributed by atoms with van der Waals surface area (Å²) < 4.78 is 5.00. The Labute approximate surface area is 130 Å². The number of benzene rings is 1. The number of hydrogen-bond donors (Lipinski definition) is 1. The van der Waals surface area contributed by atoms with E-state index < -0.39 is 0 Å². The molecule has 0 aliphatic heterocycles. The molecule has 0 saturated heterocycles. The van der Waals surface area contributed by atoms with Crippen molar-refractivity contribution < 1.29 is 14.6 Å². The third-order valence-corrected chi connectivity index (χ3v) is 4.70. The molecule has 1 aliphatic rings. The number of ether oxygens (including phenoxy) is 1. The monoisotopic (exact) mass is 309 g/mol. The fraction of sp³-hybridized carbons (Fsp3) is 0.562. The molecule has 4 nitrogen and oxygen atoms in total. The van der Waals surface area contributed by atoms with Gasteiger partial charge in [0.15, 0.2) is 0 Å². The first-order valence-corrected chi connectivity index (χ1v) is 8.35. The Kier molecular flexibility index (Phi) is 6.54. The van der Waals surface area contributed by atoms with Gasteiger partial charge in [-0.05, 0) is 42.5 Å². The molecule has 1 N–H and O–H groups in total. The van der Waals surface area contributed by atoms with Gasteiger partial charge in [-0.15, -0.1) is 11.8 Å². The van der Waals surface area contributed by atoms with Crippen molar-refractivity contribution in [3.8, 4) is 0 Å². The SMILES string of the molecule is COCCN(CCO)C(=O)CSc1ccc2c(c1)CCC2. The van der Waals surface area contributed by atoms with E-state index in [2.05, 4.69) is 18.2 Å². The van der Waals surface area contributed by atoms with E-state index in [1.165, 1.54) is 24.0 Å². The summed E-state index contributed by atoms with van der Waals surface area (Å²) in [5.41, 5.74) is 2.88. The molecule has 0 atom stereocenters. The lowest BCUT2D eigenvalue weighted by atomic mass is 10.1. The van der Waals surface area contributed by atoms with Gasteiger partial charge in [0.05, 0.1) is 19.0 Å². The molecule has 2 rings (SSSR count). The highest BCUT2D eigenvalue weighted by molar-refractivity contribution is 8.00. The molecule has 21 heavy (non-hydrogen) atoms. The van der Waals surface area contributed by atoms with Gasteiger partial charge in [-0.1, -0.05) is 6.07 Å². The van der Waals surface area contributed by atoms with Gasteiger partial charge in [-0.2, -0.15) is 0 Å². The van der Waals surface area contributed by atoms with Crippen LogP contribution in [0.5, 0.6) is 0 Å². The van der Waals surface area contributed by atoms with Gasteiger partial charge in [0, 0.05) is 25.1 Å². The number of carbonyl (C=O) groups excluding carboxylic acids is 1. The number of amides is 1.